The molecule has 0 bridgehead atoms. The first-order valence-electron chi connectivity index (χ1n) is 11.2. The molecule has 2 N–H and O–H groups in total. The fourth-order valence-corrected chi connectivity index (χ4v) is 4.00. The number of alkyl halides is 3. The van der Waals surface area contributed by atoms with Crippen LogP contribution in [0.5, 0.6) is 0 Å². The van der Waals surface area contributed by atoms with Gasteiger partial charge in [0.15, 0.2) is 6.29 Å². The molecule has 2 fully saturated rings. The molecule has 2 aliphatic heterocycles. The summed E-state index contributed by atoms with van der Waals surface area (Å²) in [5.41, 5.74) is 0.649. The van der Waals surface area contributed by atoms with Crippen LogP contribution in [-0.2, 0) is 38.1 Å². The summed E-state index contributed by atoms with van der Waals surface area (Å²) < 4.78 is 55.9. The third kappa shape index (κ3) is 6.22. The molecule has 0 saturated carbocycles. The zero-order valence-corrected chi connectivity index (χ0v) is 18.8. The molecule has 0 aliphatic carbocycles. The van der Waals surface area contributed by atoms with Crippen LogP contribution in [0.1, 0.15) is 47.3 Å². The Balaban J connectivity index is 1.55. The topological polar surface area (TPSA) is 94.6 Å². The summed E-state index contributed by atoms with van der Waals surface area (Å²) >= 11 is 0. The summed E-state index contributed by atoms with van der Waals surface area (Å²) in [7, 11) is 0. The number of aryl methyl sites for hydroxylation is 1. The first-order valence-corrected chi connectivity index (χ1v) is 11.2. The minimum absolute atomic E-state index is 0.00247. The van der Waals surface area contributed by atoms with Crippen molar-refractivity contribution in [3.63, 3.8) is 0 Å². The van der Waals surface area contributed by atoms with Crippen LogP contribution in [0.2, 0.25) is 0 Å². The van der Waals surface area contributed by atoms with Crippen LogP contribution in [0.25, 0.3) is 0 Å². The first-order chi connectivity index (χ1) is 16.3. The lowest BCUT2D eigenvalue weighted by Gasteiger charge is -2.24. The summed E-state index contributed by atoms with van der Waals surface area (Å²) in [5, 5.41) is 6.11. The SMILES string of the molecule is Cc1nc(CC(=O)NC2CCOCC2)c(C2OCCO2)c(NCc2cccc(C(F)(F)F)c2)n1. The number of halogens is 3. The molecular weight excluding hydrogens is 453 g/mol. The van der Waals surface area contributed by atoms with Crippen molar-refractivity contribution in [1.29, 1.82) is 0 Å². The Morgan fingerprint density at radius 1 is 1.12 bits per heavy atom. The molecule has 0 unspecified atom stereocenters. The van der Waals surface area contributed by atoms with Crippen LogP contribution in [0, 0.1) is 6.92 Å². The van der Waals surface area contributed by atoms with Crippen molar-refractivity contribution in [1.82, 2.24) is 15.3 Å². The highest BCUT2D eigenvalue weighted by Crippen LogP contribution is 2.33. The number of ether oxygens (including phenoxy) is 3. The van der Waals surface area contributed by atoms with Gasteiger partial charge in [0.1, 0.15) is 11.6 Å². The van der Waals surface area contributed by atoms with Gasteiger partial charge in [-0.1, -0.05) is 12.1 Å². The number of rotatable bonds is 7. The highest BCUT2D eigenvalue weighted by Gasteiger charge is 2.31. The Morgan fingerprint density at radius 2 is 1.85 bits per heavy atom. The average molecular weight is 480 g/mol. The zero-order valence-electron chi connectivity index (χ0n) is 18.8. The van der Waals surface area contributed by atoms with E-state index in [2.05, 4.69) is 20.6 Å². The zero-order chi connectivity index (χ0) is 24.1. The number of carbonyl (C=O) groups excluding carboxylic acids is 1. The van der Waals surface area contributed by atoms with Crippen LogP contribution in [0.15, 0.2) is 24.3 Å². The van der Waals surface area contributed by atoms with Crippen molar-refractivity contribution in [2.24, 2.45) is 0 Å². The Morgan fingerprint density at radius 3 is 2.56 bits per heavy atom. The van der Waals surface area contributed by atoms with E-state index >= 15 is 0 Å². The Hall–Kier alpha value is -2.76. The number of hydrogen-bond donors (Lipinski definition) is 2. The van der Waals surface area contributed by atoms with E-state index in [0.29, 0.717) is 54.9 Å². The molecule has 0 atom stereocenters. The Labute approximate surface area is 195 Å². The number of amides is 1. The van der Waals surface area contributed by atoms with E-state index in [1.54, 1.807) is 13.0 Å². The molecule has 8 nitrogen and oxygen atoms in total. The maximum Gasteiger partial charge on any atom is 0.416 e. The fraction of sp³-hybridized carbons (Fsp3) is 0.522. The van der Waals surface area contributed by atoms with E-state index in [1.807, 2.05) is 0 Å². The van der Waals surface area contributed by atoms with Gasteiger partial charge in [0.25, 0.3) is 0 Å². The predicted octanol–water partition coefficient (Wildman–Crippen LogP) is 3.30. The lowest BCUT2D eigenvalue weighted by Crippen LogP contribution is -2.40. The highest BCUT2D eigenvalue weighted by molar-refractivity contribution is 5.79. The minimum Gasteiger partial charge on any atom is -0.381 e. The van der Waals surface area contributed by atoms with Gasteiger partial charge in [-0.15, -0.1) is 0 Å². The van der Waals surface area contributed by atoms with Gasteiger partial charge in [-0.3, -0.25) is 4.79 Å². The maximum atomic E-state index is 13.1. The molecule has 4 rings (SSSR count). The Kier molecular flexibility index (Phi) is 7.64. The monoisotopic (exact) mass is 480 g/mol. The first kappa shape index (κ1) is 24.4. The molecule has 1 aromatic carbocycles. The highest BCUT2D eigenvalue weighted by atomic mass is 19.4. The van der Waals surface area contributed by atoms with Crippen molar-refractivity contribution in [3.05, 3.63) is 52.5 Å². The number of hydrogen-bond acceptors (Lipinski definition) is 7. The van der Waals surface area contributed by atoms with E-state index in [9.17, 15) is 18.0 Å². The second-order valence-corrected chi connectivity index (χ2v) is 8.24. The van der Waals surface area contributed by atoms with Crippen LogP contribution < -0.4 is 10.6 Å². The van der Waals surface area contributed by atoms with Gasteiger partial charge in [-0.25, -0.2) is 9.97 Å². The van der Waals surface area contributed by atoms with Crippen LogP contribution >= 0.6 is 0 Å². The third-order valence-electron chi connectivity index (χ3n) is 5.62. The average Bonchev–Trinajstić information content (AvgIpc) is 3.32. The molecule has 2 saturated heterocycles. The van der Waals surface area contributed by atoms with E-state index < -0.39 is 18.0 Å². The second kappa shape index (κ2) is 10.7. The predicted molar refractivity (Wildman–Crippen MR) is 116 cm³/mol. The summed E-state index contributed by atoms with van der Waals surface area (Å²) in [4.78, 5) is 21.7. The van der Waals surface area contributed by atoms with Crippen molar-refractivity contribution < 1.29 is 32.2 Å². The van der Waals surface area contributed by atoms with Gasteiger partial charge >= 0.3 is 6.18 Å². The molecule has 1 amide bonds. The lowest BCUT2D eigenvalue weighted by molar-refractivity contribution is -0.137. The van der Waals surface area contributed by atoms with E-state index in [1.165, 1.54) is 6.07 Å². The van der Waals surface area contributed by atoms with Crippen molar-refractivity contribution in [2.45, 2.75) is 51.2 Å². The largest absolute Gasteiger partial charge is 0.416 e. The molecule has 11 heteroatoms. The quantitative estimate of drug-likeness (QED) is 0.628. The lowest BCUT2D eigenvalue weighted by atomic mass is 10.1. The van der Waals surface area contributed by atoms with Crippen molar-refractivity contribution in [2.75, 3.05) is 31.7 Å². The van der Waals surface area contributed by atoms with Crippen LogP contribution in [0.3, 0.4) is 0 Å². The molecule has 184 valence electrons. The smallest absolute Gasteiger partial charge is 0.381 e. The van der Waals surface area contributed by atoms with E-state index in [0.717, 1.165) is 25.0 Å². The molecule has 34 heavy (non-hydrogen) atoms. The fourth-order valence-electron chi connectivity index (χ4n) is 4.00. The number of anilines is 1. The van der Waals surface area contributed by atoms with Crippen LogP contribution in [0.4, 0.5) is 19.0 Å². The summed E-state index contributed by atoms with van der Waals surface area (Å²) in [6.45, 7) is 3.74. The molecule has 2 aromatic rings. The maximum absolute atomic E-state index is 13.1. The molecule has 1 aromatic heterocycles. The second-order valence-electron chi connectivity index (χ2n) is 8.24. The van der Waals surface area contributed by atoms with Gasteiger partial charge < -0.3 is 24.8 Å². The summed E-state index contributed by atoms with van der Waals surface area (Å²) in [6.07, 6.45) is -3.70. The molecule has 2 aliphatic rings. The van der Waals surface area contributed by atoms with Gasteiger partial charge in [0.2, 0.25) is 5.91 Å². The van der Waals surface area contributed by atoms with Crippen molar-refractivity contribution in [3.8, 4) is 0 Å². The third-order valence-corrected chi connectivity index (χ3v) is 5.62. The molecule has 0 radical (unpaired) electrons. The van der Waals surface area contributed by atoms with Gasteiger partial charge in [0.05, 0.1) is 36.5 Å². The molecule has 3 heterocycles. The minimum atomic E-state index is -4.43. The number of carbonyl (C=O) groups is 1. The van der Waals surface area contributed by atoms with Crippen LogP contribution in [-0.4, -0.2) is 48.3 Å². The number of aromatic nitrogens is 2. The number of benzene rings is 1. The van der Waals surface area contributed by atoms with Gasteiger partial charge in [-0.05, 0) is 37.5 Å². The summed E-state index contributed by atoms with van der Waals surface area (Å²) in [6, 6.07) is 5.12. The Bertz CT molecular complexity index is 1010. The van der Waals surface area contributed by atoms with Gasteiger partial charge in [0, 0.05) is 25.8 Å². The van der Waals surface area contributed by atoms with E-state index in [4.69, 9.17) is 14.2 Å². The van der Waals surface area contributed by atoms with Gasteiger partial charge in [-0.2, -0.15) is 13.2 Å². The standard InChI is InChI=1S/C23H27F3N4O4/c1-14-28-18(12-19(31)30-17-5-7-32-8-6-17)20(22-33-9-10-34-22)21(29-14)27-13-15-3-2-4-16(11-15)23(24,25)26/h2-4,11,17,22H,5-10,12-13H2,1H3,(H,30,31)(H,27,28,29). The molecule has 0 spiro atoms. The summed E-state index contributed by atoms with van der Waals surface area (Å²) in [5.74, 6) is 0.598. The normalized spacial score (nSPS) is 17.6. The van der Waals surface area contributed by atoms with Crippen molar-refractivity contribution >= 4 is 11.7 Å². The number of nitrogens with one attached hydrogen (secondary N) is 2. The number of nitrogens with zero attached hydrogens (tertiary/aromatic N) is 2. The van der Waals surface area contributed by atoms with E-state index in [-0.39, 0.29) is 24.9 Å². The molecular formula is C23H27F3N4O4.